The van der Waals surface area contributed by atoms with Gasteiger partial charge in [0.25, 0.3) is 0 Å². The quantitative estimate of drug-likeness (QED) is 0.201. The summed E-state index contributed by atoms with van der Waals surface area (Å²) in [7, 11) is 0. The first-order valence-electron chi connectivity index (χ1n) is 8.13. The lowest BCUT2D eigenvalue weighted by Gasteiger charge is -2.44. The molecule has 0 radical (unpaired) electrons. The van der Waals surface area contributed by atoms with Gasteiger partial charge in [-0.05, 0) is 0 Å². The van der Waals surface area contributed by atoms with Crippen molar-refractivity contribution in [3.63, 3.8) is 0 Å². The molecule has 0 aliphatic carbocycles. The number of halogens is 1. The SMILES string of the molecule is CC(=O)OC[C@H]1O[C@H](OCCI)[C@@H](OC(C)=O)[C@@H](OC(C)=O)[C@@H]1OC(C)=O. The monoisotopic (exact) mass is 502 g/mol. The number of hydrogen-bond donors (Lipinski definition) is 0. The van der Waals surface area contributed by atoms with E-state index in [-0.39, 0.29) is 13.2 Å². The molecule has 0 N–H and O–H groups in total. The zero-order valence-electron chi connectivity index (χ0n) is 15.5. The summed E-state index contributed by atoms with van der Waals surface area (Å²) in [4.78, 5) is 45.8. The van der Waals surface area contributed by atoms with E-state index >= 15 is 0 Å². The third-order valence-electron chi connectivity index (χ3n) is 3.31. The zero-order chi connectivity index (χ0) is 20.6. The molecule has 0 bridgehead atoms. The van der Waals surface area contributed by atoms with Gasteiger partial charge >= 0.3 is 23.9 Å². The van der Waals surface area contributed by atoms with E-state index in [1.165, 1.54) is 13.8 Å². The van der Waals surface area contributed by atoms with E-state index in [1.807, 2.05) is 0 Å². The number of rotatable bonds is 8. The van der Waals surface area contributed by atoms with Crippen molar-refractivity contribution in [2.45, 2.75) is 58.4 Å². The minimum Gasteiger partial charge on any atom is -0.463 e. The summed E-state index contributed by atoms with van der Waals surface area (Å²) in [6.45, 7) is 4.68. The van der Waals surface area contributed by atoms with Crippen molar-refractivity contribution in [1.82, 2.24) is 0 Å². The lowest BCUT2D eigenvalue weighted by atomic mass is 9.98. The van der Waals surface area contributed by atoms with Crippen LogP contribution in [0.3, 0.4) is 0 Å². The maximum absolute atomic E-state index is 11.6. The summed E-state index contributed by atoms with van der Waals surface area (Å²) in [6, 6.07) is 0. The van der Waals surface area contributed by atoms with E-state index in [2.05, 4.69) is 22.6 Å². The van der Waals surface area contributed by atoms with Gasteiger partial charge in [0.15, 0.2) is 24.6 Å². The summed E-state index contributed by atoms with van der Waals surface area (Å²) in [5.41, 5.74) is 0. The second-order valence-corrected chi connectivity index (χ2v) is 6.71. The first-order chi connectivity index (χ1) is 12.6. The van der Waals surface area contributed by atoms with Gasteiger partial charge in [0.2, 0.25) is 0 Å². The normalized spacial score (nSPS) is 27.4. The summed E-state index contributed by atoms with van der Waals surface area (Å²) >= 11 is 2.08. The Hall–Kier alpha value is -1.47. The van der Waals surface area contributed by atoms with Crippen molar-refractivity contribution < 1.29 is 47.6 Å². The second-order valence-electron chi connectivity index (χ2n) is 5.63. The van der Waals surface area contributed by atoms with Crippen molar-refractivity contribution in [3.8, 4) is 0 Å². The molecular formula is C16H23IO10. The summed E-state index contributed by atoms with van der Waals surface area (Å²) in [5, 5.41) is 0. The molecule has 0 aromatic carbocycles. The van der Waals surface area contributed by atoms with Gasteiger partial charge in [-0.25, -0.2) is 0 Å². The van der Waals surface area contributed by atoms with E-state index < -0.39 is 54.6 Å². The van der Waals surface area contributed by atoms with Crippen LogP contribution in [0.15, 0.2) is 0 Å². The van der Waals surface area contributed by atoms with Crippen LogP contribution in [0, 0.1) is 0 Å². The molecule has 1 aliphatic heterocycles. The third kappa shape index (κ3) is 7.97. The number of alkyl halides is 1. The average molecular weight is 502 g/mol. The van der Waals surface area contributed by atoms with Crippen molar-refractivity contribution in [2.75, 3.05) is 17.6 Å². The molecule has 1 rings (SSSR count). The number of hydrogen-bond acceptors (Lipinski definition) is 10. The molecule has 0 saturated carbocycles. The molecule has 1 fully saturated rings. The van der Waals surface area contributed by atoms with Crippen molar-refractivity contribution in [2.24, 2.45) is 0 Å². The largest absolute Gasteiger partial charge is 0.463 e. The fraction of sp³-hybridized carbons (Fsp3) is 0.750. The standard InChI is InChI=1S/C16H23IO10/c1-8(18)23-7-12-13(24-9(2)19)14(25-10(3)20)15(26-11(4)21)16(27-12)22-6-5-17/h12-16H,5-7H2,1-4H3/t12-,13-,14+,15+,16+/m1/s1. The smallest absolute Gasteiger partial charge is 0.303 e. The van der Waals surface area contributed by atoms with Crippen LogP contribution in [0.25, 0.3) is 0 Å². The van der Waals surface area contributed by atoms with Gasteiger partial charge in [0, 0.05) is 32.1 Å². The van der Waals surface area contributed by atoms with Gasteiger partial charge in [-0.3, -0.25) is 19.2 Å². The highest BCUT2D eigenvalue weighted by molar-refractivity contribution is 14.1. The Morgan fingerprint density at radius 2 is 1.33 bits per heavy atom. The van der Waals surface area contributed by atoms with Crippen LogP contribution in [0.1, 0.15) is 27.7 Å². The predicted molar refractivity (Wildman–Crippen MR) is 96.8 cm³/mol. The Bertz CT molecular complexity index is 551. The van der Waals surface area contributed by atoms with Crippen LogP contribution in [0.2, 0.25) is 0 Å². The van der Waals surface area contributed by atoms with Crippen LogP contribution in [0.4, 0.5) is 0 Å². The van der Waals surface area contributed by atoms with Gasteiger partial charge in [0.1, 0.15) is 12.7 Å². The molecule has 0 aromatic heterocycles. The highest BCUT2D eigenvalue weighted by atomic mass is 127. The van der Waals surface area contributed by atoms with Crippen LogP contribution >= 0.6 is 22.6 Å². The van der Waals surface area contributed by atoms with E-state index in [1.54, 1.807) is 0 Å². The van der Waals surface area contributed by atoms with E-state index in [0.717, 1.165) is 13.8 Å². The zero-order valence-corrected chi connectivity index (χ0v) is 17.6. The molecule has 0 unspecified atom stereocenters. The van der Waals surface area contributed by atoms with Crippen LogP contribution < -0.4 is 0 Å². The molecule has 27 heavy (non-hydrogen) atoms. The topological polar surface area (TPSA) is 124 Å². The molecule has 1 saturated heterocycles. The van der Waals surface area contributed by atoms with Gasteiger partial charge in [-0.1, -0.05) is 22.6 Å². The Balaban J connectivity index is 3.22. The Morgan fingerprint density at radius 1 is 0.815 bits per heavy atom. The minimum atomic E-state index is -1.20. The molecule has 1 heterocycles. The van der Waals surface area contributed by atoms with Crippen molar-refractivity contribution in [3.05, 3.63) is 0 Å². The van der Waals surface area contributed by atoms with Gasteiger partial charge in [-0.2, -0.15) is 0 Å². The van der Waals surface area contributed by atoms with E-state index in [4.69, 9.17) is 28.4 Å². The maximum Gasteiger partial charge on any atom is 0.303 e. The molecular weight excluding hydrogens is 479 g/mol. The maximum atomic E-state index is 11.6. The highest BCUT2D eigenvalue weighted by Gasteiger charge is 2.52. The number of ether oxygens (including phenoxy) is 6. The van der Waals surface area contributed by atoms with Gasteiger partial charge in [0.05, 0.1) is 6.61 Å². The van der Waals surface area contributed by atoms with Gasteiger partial charge in [-0.15, -0.1) is 0 Å². The molecule has 11 heteroatoms. The van der Waals surface area contributed by atoms with Crippen molar-refractivity contribution >= 4 is 46.5 Å². The minimum absolute atomic E-state index is 0.258. The molecule has 0 spiro atoms. The van der Waals surface area contributed by atoms with Crippen LogP contribution in [-0.4, -0.2) is 72.2 Å². The summed E-state index contributed by atoms with van der Waals surface area (Å²) < 4.78 is 32.6. The highest BCUT2D eigenvalue weighted by Crippen LogP contribution is 2.29. The lowest BCUT2D eigenvalue weighted by molar-refractivity contribution is -0.306. The number of carbonyl (C=O) groups is 4. The van der Waals surface area contributed by atoms with Crippen LogP contribution in [0.5, 0.6) is 0 Å². The van der Waals surface area contributed by atoms with Gasteiger partial charge < -0.3 is 28.4 Å². The fourth-order valence-corrected chi connectivity index (χ4v) is 2.74. The summed E-state index contributed by atoms with van der Waals surface area (Å²) in [6.07, 6.45) is -5.65. The molecule has 0 aromatic rings. The fourth-order valence-electron chi connectivity index (χ4n) is 2.48. The molecule has 154 valence electrons. The van der Waals surface area contributed by atoms with E-state index in [0.29, 0.717) is 4.43 Å². The average Bonchev–Trinajstić information content (AvgIpc) is 2.54. The van der Waals surface area contributed by atoms with E-state index in [9.17, 15) is 19.2 Å². The predicted octanol–water partition coefficient (Wildman–Crippen LogP) is 0.521. The first kappa shape index (κ1) is 23.6. The molecule has 1 aliphatic rings. The first-order valence-corrected chi connectivity index (χ1v) is 9.66. The summed E-state index contributed by atoms with van der Waals surface area (Å²) in [5.74, 6) is -2.60. The second kappa shape index (κ2) is 11.4. The Labute approximate surface area is 170 Å². The molecule has 5 atom stereocenters. The Kier molecular flexibility index (Phi) is 9.94. The molecule has 10 nitrogen and oxygen atoms in total. The molecule has 0 amide bonds. The van der Waals surface area contributed by atoms with Crippen LogP contribution in [-0.2, 0) is 47.6 Å². The Morgan fingerprint density at radius 3 is 1.81 bits per heavy atom. The number of carbonyl (C=O) groups excluding carboxylic acids is 4. The lowest BCUT2D eigenvalue weighted by Crippen LogP contribution is -2.63. The number of esters is 4. The van der Waals surface area contributed by atoms with Crippen molar-refractivity contribution in [1.29, 1.82) is 0 Å². The third-order valence-corrected chi connectivity index (χ3v) is 3.75.